The second-order valence-corrected chi connectivity index (χ2v) is 5.94. The average Bonchev–Trinajstić information content (AvgIpc) is 2.41. The van der Waals surface area contributed by atoms with Gasteiger partial charge in [-0.05, 0) is 49.2 Å². The van der Waals surface area contributed by atoms with E-state index < -0.39 is 0 Å². The highest BCUT2D eigenvalue weighted by Crippen LogP contribution is 2.19. The van der Waals surface area contributed by atoms with Gasteiger partial charge in [0.15, 0.2) is 0 Å². The first-order chi connectivity index (χ1) is 9.54. The van der Waals surface area contributed by atoms with Gasteiger partial charge in [-0.1, -0.05) is 23.8 Å². The summed E-state index contributed by atoms with van der Waals surface area (Å²) < 4.78 is 13.0. The lowest BCUT2D eigenvalue weighted by molar-refractivity contribution is -0.116. The Bertz CT molecular complexity index is 605. The van der Waals surface area contributed by atoms with Crippen LogP contribution in [0, 0.1) is 19.7 Å². The largest absolute Gasteiger partial charge is 0.298 e. The van der Waals surface area contributed by atoms with Crippen molar-refractivity contribution in [2.24, 2.45) is 0 Å². The minimum absolute atomic E-state index is 0.158. The minimum Gasteiger partial charge on any atom is -0.298 e. The molecule has 0 heterocycles. The Kier molecular flexibility index (Phi) is 4.96. The Balaban J connectivity index is 1.90. The van der Waals surface area contributed by atoms with Crippen molar-refractivity contribution in [3.63, 3.8) is 0 Å². The molecule has 0 aromatic heterocycles. The van der Waals surface area contributed by atoms with Gasteiger partial charge in [-0.25, -0.2) is 4.39 Å². The van der Waals surface area contributed by atoms with Crippen LogP contribution in [0.3, 0.4) is 0 Å². The normalized spacial score (nSPS) is 10.6. The molecule has 2 aromatic carbocycles. The zero-order valence-corrected chi connectivity index (χ0v) is 12.5. The number of hydrogen-bond acceptors (Lipinski definition) is 2. The summed E-state index contributed by atoms with van der Waals surface area (Å²) in [7, 11) is 0. The van der Waals surface area contributed by atoms with Gasteiger partial charge in [0.2, 0.25) is 0 Å². The second-order valence-electron chi connectivity index (χ2n) is 4.89. The first-order valence-corrected chi connectivity index (χ1v) is 7.49. The summed E-state index contributed by atoms with van der Waals surface area (Å²) in [6.45, 7) is 3.87. The molecule has 0 N–H and O–H groups in total. The van der Waals surface area contributed by atoms with Crippen LogP contribution in [-0.2, 0) is 11.2 Å². The summed E-state index contributed by atoms with van der Waals surface area (Å²) in [6, 6.07) is 12.7. The average molecular weight is 288 g/mol. The molecule has 0 aliphatic carbocycles. The van der Waals surface area contributed by atoms with Gasteiger partial charge in [0.05, 0.1) is 5.75 Å². The van der Waals surface area contributed by atoms with E-state index in [2.05, 4.69) is 0 Å². The first-order valence-electron chi connectivity index (χ1n) is 6.51. The topological polar surface area (TPSA) is 17.1 Å². The number of benzene rings is 2. The summed E-state index contributed by atoms with van der Waals surface area (Å²) in [5, 5.41) is 0. The monoisotopic (exact) mass is 288 g/mol. The molecule has 0 spiro atoms. The van der Waals surface area contributed by atoms with Gasteiger partial charge < -0.3 is 0 Å². The van der Waals surface area contributed by atoms with E-state index in [4.69, 9.17) is 0 Å². The molecule has 0 aliphatic heterocycles. The van der Waals surface area contributed by atoms with Gasteiger partial charge in [0.25, 0.3) is 0 Å². The number of thioether (sulfide) groups is 1. The Morgan fingerprint density at radius 1 is 1.10 bits per heavy atom. The molecule has 0 saturated heterocycles. The maximum atomic E-state index is 13.0. The Morgan fingerprint density at radius 3 is 2.45 bits per heavy atom. The Hall–Kier alpha value is -1.61. The molecular weight excluding hydrogens is 271 g/mol. The lowest BCUT2D eigenvalue weighted by Gasteiger charge is -2.05. The van der Waals surface area contributed by atoms with Gasteiger partial charge in [-0.2, -0.15) is 0 Å². The molecule has 0 radical (unpaired) electrons. The number of rotatable bonds is 5. The molecular formula is C17H17FOS. The van der Waals surface area contributed by atoms with Crippen molar-refractivity contribution in [3.05, 3.63) is 65.0 Å². The van der Waals surface area contributed by atoms with Crippen molar-refractivity contribution in [1.29, 1.82) is 0 Å². The van der Waals surface area contributed by atoms with E-state index in [9.17, 15) is 9.18 Å². The summed E-state index contributed by atoms with van der Waals surface area (Å²) in [4.78, 5) is 13.1. The van der Waals surface area contributed by atoms with Gasteiger partial charge in [0.1, 0.15) is 11.6 Å². The van der Waals surface area contributed by atoms with Crippen molar-refractivity contribution >= 4 is 17.5 Å². The standard InChI is InChI=1S/C17H17FOS/c1-12-3-7-17(8-4-12)20-11-16(19)10-14-5-6-15(18)9-13(14)2/h3-9H,10-11H2,1-2H3. The maximum Gasteiger partial charge on any atom is 0.147 e. The van der Waals surface area contributed by atoms with Crippen LogP contribution in [-0.4, -0.2) is 11.5 Å². The quantitative estimate of drug-likeness (QED) is 0.761. The van der Waals surface area contributed by atoms with E-state index in [1.54, 1.807) is 17.8 Å². The molecule has 0 fully saturated rings. The maximum absolute atomic E-state index is 13.0. The molecule has 20 heavy (non-hydrogen) atoms. The number of carbonyl (C=O) groups excluding carboxylic acids is 1. The first kappa shape index (κ1) is 14.8. The van der Waals surface area contributed by atoms with E-state index in [-0.39, 0.29) is 11.6 Å². The van der Waals surface area contributed by atoms with Crippen LogP contribution < -0.4 is 0 Å². The third kappa shape index (κ3) is 4.20. The van der Waals surface area contributed by atoms with Crippen LogP contribution >= 0.6 is 11.8 Å². The van der Waals surface area contributed by atoms with Crippen molar-refractivity contribution < 1.29 is 9.18 Å². The second kappa shape index (κ2) is 6.71. The van der Waals surface area contributed by atoms with E-state index in [0.29, 0.717) is 12.2 Å². The van der Waals surface area contributed by atoms with Crippen LogP contribution in [0.5, 0.6) is 0 Å². The summed E-state index contributed by atoms with van der Waals surface area (Å²) in [5.74, 6) is 0.345. The Morgan fingerprint density at radius 2 is 1.80 bits per heavy atom. The highest BCUT2D eigenvalue weighted by molar-refractivity contribution is 8.00. The fourth-order valence-electron chi connectivity index (χ4n) is 1.92. The molecule has 0 unspecified atom stereocenters. The van der Waals surface area contributed by atoms with E-state index in [1.807, 2.05) is 38.1 Å². The molecule has 0 aliphatic rings. The van der Waals surface area contributed by atoms with Crippen molar-refractivity contribution in [2.75, 3.05) is 5.75 Å². The number of Topliss-reactive ketones (excluding diaryl/α,β-unsaturated/α-hetero) is 1. The zero-order chi connectivity index (χ0) is 14.5. The Labute approximate surface area is 123 Å². The number of halogens is 1. The number of ketones is 1. The van der Waals surface area contributed by atoms with Crippen LogP contribution in [0.4, 0.5) is 4.39 Å². The third-order valence-corrected chi connectivity index (χ3v) is 4.18. The molecule has 2 rings (SSSR count). The lowest BCUT2D eigenvalue weighted by Crippen LogP contribution is -2.07. The summed E-state index contributed by atoms with van der Waals surface area (Å²) in [6.07, 6.45) is 0.366. The molecule has 0 amide bonds. The predicted octanol–water partition coefficient (Wildman–Crippen LogP) is 4.35. The van der Waals surface area contributed by atoms with Crippen molar-refractivity contribution in [3.8, 4) is 0 Å². The van der Waals surface area contributed by atoms with Crippen LogP contribution in [0.15, 0.2) is 47.4 Å². The van der Waals surface area contributed by atoms with Crippen molar-refractivity contribution in [2.45, 2.75) is 25.2 Å². The third-order valence-electron chi connectivity index (χ3n) is 3.11. The number of carbonyl (C=O) groups is 1. The van der Waals surface area contributed by atoms with E-state index in [1.165, 1.54) is 17.7 Å². The molecule has 0 atom stereocenters. The molecule has 0 saturated carbocycles. The molecule has 0 bridgehead atoms. The molecule has 3 heteroatoms. The fraction of sp³-hybridized carbons (Fsp3) is 0.235. The van der Waals surface area contributed by atoms with Gasteiger partial charge in [0, 0.05) is 11.3 Å². The molecule has 2 aromatic rings. The SMILES string of the molecule is Cc1ccc(SCC(=O)Cc2ccc(F)cc2C)cc1. The highest BCUT2D eigenvalue weighted by atomic mass is 32.2. The highest BCUT2D eigenvalue weighted by Gasteiger charge is 2.07. The molecule has 104 valence electrons. The van der Waals surface area contributed by atoms with Crippen LogP contribution in [0.1, 0.15) is 16.7 Å². The number of aryl methyl sites for hydroxylation is 2. The summed E-state index contributed by atoms with van der Waals surface area (Å²) in [5.41, 5.74) is 2.95. The van der Waals surface area contributed by atoms with Gasteiger partial charge >= 0.3 is 0 Å². The van der Waals surface area contributed by atoms with E-state index >= 15 is 0 Å². The van der Waals surface area contributed by atoms with Gasteiger partial charge in [-0.3, -0.25) is 4.79 Å². The fourth-order valence-corrected chi connectivity index (χ4v) is 2.68. The number of hydrogen-bond donors (Lipinski definition) is 0. The van der Waals surface area contributed by atoms with Crippen molar-refractivity contribution in [1.82, 2.24) is 0 Å². The van der Waals surface area contributed by atoms with Crippen LogP contribution in [0.25, 0.3) is 0 Å². The lowest BCUT2D eigenvalue weighted by atomic mass is 10.0. The molecule has 1 nitrogen and oxygen atoms in total. The minimum atomic E-state index is -0.257. The van der Waals surface area contributed by atoms with E-state index in [0.717, 1.165) is 16.0 Å². The summed E-state index contributed by atoms with van der Waals surface area (Å²) >= 11 is 1.54. The van der Waals surface area contributed by atoms with Crippen LogP contribution in [0.2, 0.25) is 0 Å². The zero-order valence-electron chi connectivity index (χ0n) is 11.7. The smallest absolute Gasteiger partial charge is 0.147 e. The predicted molar refractivity (Wildman–Crippen MR) is 81.8 cm³/mol. The van der Waals surface area contributed by atoms with Gasteiger partial charge in [-0.15, -0.1) is 11.8 Å².